The predicted octanol–water partition coefficient (Wildman–Crippen LogP) is 13.1. The van der Waals surface area contributed by atoms with Crippen LogP contribution in [0.1, 0.15) is 22.3 Å². The molecule has 1 aromatic heterocycles. The van der Waals surface area contributed by atoms with E-state index in [4.69, 9.17) is 4.42 Å². The quantitative estimate of drug-likeness (QED) is 0.178. The molecule has 0 amide bonds. The van der Waals surface area contributed by atoms with Gasteiger partial charge in [-0.2, -0.15) is 0 Å². The zero-order chi connectivity index (χ0) is 33.8. The van der Waals surface area contributed by atoms with Crippen LogP contribution in [0.5, 0.6) is 0 Å². The third-order valence-corrected chi connectivity index (χ3v) is 10.5. The molecule has 2 heteroatoms. The van der Waals surface area contributed by atoms with Gasteiger partial charge in [-0.3, -0.25) is 0 Å². The van der Waals surface area contributed by atoms with E-state index in [0.29, 0.717) is 0 Å². The van der Waals surface area contributed by atoms with Crippen LogP contribution < -0.4 is 4.90 Å². The van der Waals surface area contributed by atoms with Crippen molar-refractivity contribution >= 4 is 39.0 Å². The van der Waals surface area contributed by atoms with Crippen molar-refractivity contribution in [3.05, 3.63) is 222 Å². The summed E-state index contributed by atoms with van der Waals surface area (Å²) in [5, 5.41) is 2.22. The lowest BCUT2D eigenvalue weighted by Gasteiger charge is -2.35. The Morgan fingerprint density at radius 2 is 0.882 bits per heavy atom. The van der Waals surface area contributed by atoms with E-state index in [0.717, 1.165) is 44.6 Å². The minimum Gasteiger partial charge on any atom is -0.456 e. The molecule has 0 radical (unpaired) electrons. The third-order valence-electron chi connectivity index (χ3n) is 10.5. The van der Waals surface area contributed by atoms with E-state index in [9.17, 15) is 0 Å². The van der Waals surface area contributed by atoms with Crippen LogP contribution in [-0.2, 0) is 5.41 Å². The lowest BCUT2D eigenvalue weighted by molar-refractivity contribution is 0.669. The van der Waals surface area contributed by atoms with Gasteiger partial charge in [-0.15, -0.1) is 0 Å². The van der Waals surface area contributed by atoms with Gasteiger partial charge in [0.2, 0.25) is 0 Å². The Labute approximate surface area is 297 Å². The van der Waals surface area contributed by atoms with E-state index in [-0.39, 0.29) is 0 Å². The molecule has 0 unspecified atom stereocenters. The van der Waals surface area contributed by atoms with Crippen LogP contribution >= 0.6 is 0 Å². The molecule has 0 fully saturated rings. The summed E-state index contributed by atoms with van der Waals surface area (Å²) in [5.74, 6) is 0. The summed E-state index contributed by atoms with van der Waals surface area (Å²) < 4.78 is 6.21. The molecule has 0 spiro atoms. The Morgan fingerprint density at radius 1 is 0.353 bits per heavy atom. The average Bonchev–Trinajstić information content (AvgIpc) is 3.73. The van der Waals surface area contributed by atoms with Gasteiger partial charge in [-0.05, 0) is 93.0 Å². The van der Waals surface area contributed by atoms with E-state index in [1.807, 2.05) is 12.1 Å². The summed E-state index contributed by atoms with van der Waals surface area (Å²) in [6.45, 7) is 0. The maximum absolute atomic E-state index is 6.21. The second-order valence-corrected chi connectivity index (χ2v) is 13.3. The Hall–Kier alpha value is -6.64. The monoisotopic (exact) mass is 651 g/mol. The number of hydrogen-bond donors (Lipinski definition) is 0. The molecule has 1 heterocycles. The summed E-state index contributed by atoms with van der Waals surface area (Å²) >= 11 is 0. The number of benzene rings is 8. The largest absolute Gasteiger partial charge is 0.456 e. The van der Waals surface area contributed by atoms with Gasteiger partial charge in [-0.1, -0.05) is 152 Å². The number of hydrogen-bond acceptors (Lipinski definition) is 2. The zero-order valence-corrected chi connectivity index (χ0v) is 27.9. The van der Waals surface area contributed by atoms with E-state index in [2.05, 4.69) is 193 Å². The molecule has 1 aliphatic rings. The minimum atomic E-state index is -0.493. The molecule has 0 saturated carbocycles. The van der Waals surface area contributed by atoms with Crippen molar-refractivity contribution in [2.75, 3.05) is 4.90 Å². The van der Waals surface area contributed by atoms with Crippen LogP contribution in [0.25, 0.3) is 44.2 Å². The van der Waals surface area contributed by atoms with Gasteiger partial charge in [0.15, 0.2) is 0 Å². The van der Waals surface area contributed by atoms with Crippen molar-refractivity contribution in [3.63, 3.8) is 0 Å². The molecule has 10 rings (SSSR count). The number of para-hydroxylation sites is 2. The van der Waals surface area contributed by atoms with E-state index in [1.54, 1.807) is 0 Å². The van der Waals surface area contributed by atoms with Crippen LogP contribution in [0.15, 0.2) is 205 Å². The first-order valence-electron chi connectivity index (χ1n) is 17.5. The van der Waals surface area contributed by atoms with Crippen LogP contribution in [0.3, 0.4) is 0 Å². The summed E-state index contributed by atoms with van der Waals surface area (Å²) in [5.41, 5.74) is 14.7. The average molecular weight is 652 g/mol. The molecule has 2 nitrogen and oxygen atoms in total. The Kier molecular flexibility index (Phi) is 6.75. The van der Waals surface area contributed by atoms with Gasteiger partial charge < -0.3 is 9.32 Å². The first kappa shape index (κ1) is 29.3. The maximum Gasteiger partial charge on any atom is 0.135 e. The highest BCUT2D eigenvalue weighted by molar-refractivity contribution is 6.06. The molecule has 0 saturated heterocycles. The molecule has 0 bridgehead atoms. The second kappa shape index (κ2) is 11.8. The summed E-state index contributed by atoms with van der Waals surface area (Å²) in [6.07, 6.45) is 0. The van der Waals surface area contributed by atoms with Gasteiger partial charge in [-0.25, -0.2) is 0 Å². The second-order valence-electron chi connectivity index (χ2n) is 13.3. The molecule has 9 aromatic rings. The molecule has 8 aromatic carbocycles. The van der Waals surface area contributed by atoms with Gasteiger partial charge in [0.05, 0.1) is 5.41 Å². The number of anilines is 3. The van der Waals surface area contributed by atoms with Crippen LogP contribution in [0.2, 0.25) is 0 Å². The SMILES string of the molecule is c1ccc(N(c2cccc(-c3ccccc3C3(c4ccccc4)c4ccccc4-c4ccccc43)c2)c2ccc3oc4ccccc4c3c2)cc1. The van der Waals surface area contributed by atoms with Crippen LogP contribution in [-0.4, -0.2) is 0 Å². The summed E-state index contributed by atoms with van der Waals surface area (Å²) in [4.78, 5) is 2.35. The van der Waals surface area contributed by atoms with Gasteiger partial charge in [0.1, 0.15) is 11.2 Å². The Morgan fingerprint density at radius 3 is 1.61 bits per heavy atom. The highest BCUT2D eigenvalue weighted by Crippen LogP contribution is 2.57. The van der Waals surface area contributed by atoms with Crippen molar-refractivity contribution in [3.8, 4) is 22.3 Å². The van der Waals surface area contributed by atoms with Gasteiger partial charge in [0.25, 0.3) is 0 Å². The zero-order valence-electron chi connectivity index (χ0n) is 27.9. The molecule has 240 valence electrons. The van der Waals surface area contributed by atoms with E-state index >= 15 is 0 Å². The first-order valence-corrected chi connectivity index (χ1v) is 17.5. The van der Waals surface area contributed by atoms with E-state index in [1.165, 1.54) is 38.9 Å². The summed E-state index contributed by atoms with van der Waals surface area (Å²) in [7, 11) is 0. The fraction of sp³-hybridized carbons (Fsp3) is 0.0204. The first-order chi connectivity index (χ1) is 25.3. The van der Waals surface area contributed by atoms with Crippen molar-refractivity contribution < 1.29 is 4.42 Å². The lowest BCUT2D eigenvalue weighted by Crippen LogP contribution is -2.29. The molecule has 1 aliphatic carbocycles. The highest BCUT2D eigenvalue weighted by atomic mass is 16.3. The molecule has 0 N–H and O–H groups in total. The van der Waals surface area contributed by atoms with Crippen molar-refractivity contribution in [2.24, 2.45) is 0 Å². The third kappa shape index (κ3) is 4.50. The van der Waals surface area contributed by atoms with Crippen molar-refractivity contribution in [2.45, 2.75) is 5.41 Å². The van der Waals surface area contributed by atoms with Crippen molar-refractivity contribution in [1.82, 2.24) is 0 Å². The predicted molar refractivity (Wildman–Crippen MR) is 211 cm³/mol. The van der Waals surface area contributed by atoms with Crippen molar-refractivity contribution in [1.29, 1.82) is 0 Å². The molecule has 0 aliphatic heterocycles. The van der Waals surface area contributed by atoms with E-state index < -0.39 is 5.41 Å². The van der Waals surface area contributed by atoms with Crippen LogP contribution in [0.4, 0.5) is 17.1 Å². The maximum atomic E-state index is 6.21. The number of furan rings is 1. The highest BCUT2D eigenvalue weighted by Gasteiger charge is 2.46. The normalized spacial score (nSPS) is 12.9. The minimum absolute atomic E-state index is 0.493. The molecule has 51 heavy (non-hydrogen) atoms. The van der Waals surface area contributed by atoms with Crippen LogP contribution in [0, 0.1) is 0 Å². The lowest BCUT2D eigenvalue weighted by atomic mass is 9.66. The standard InChI is InChI=1S/C49H33NO/c1-3-17-35(18-4-1)49(45-27-12-8-23-40(45)41-24-9-13-28-46(41)49)44-26-11-7-22-39(44)34-16-15-21-37(32-34)50(36-19-5-2-6-20-36)38-30-31-48-43(33-38)42-25-10-14-29-47(42)51-48/h1-33H. The molecular weight excluding hydrogens is 619 g/mol. The number of rotatable bonds is 6. The summed E-state index contributed by atoms with van der Waals surface area (Å²) in [6, 6.07) is 72.3. The number of nitrogens with zero attached hydrogens (tertiary/aromatic N) is 1. The fourth-order valence-corrected chi connectivity index (χ4v) is 8.43. The fourth-order valence-electron chi connectivity index (χ4n) is 8.43. The molecular formula is C49H33NO. The molecule has 0 atom stereocenters. The smallest absolute Gasteiger partial charge is 0.135 e. The topological polar surface area (TPSA) is 16.4 Å². The van der Waals surface area contributed by atoms with Gasteiger partial charge in [0, 0.05) is 27.8 Å². The number of fused-ring (bicyclic) bond motifs is 6. The van der Waals surface area contributed by atoms with Gasteiger partial charge >= 0.3 is 0 Å². The Bertz CT molecular complexity index is 2660. The Balaban J connectivity index is 1.20.